The number of benzene rings is 1. The number of fused-ring (bicyclic) bond motifs is 5. The number of aromatic nitrogens is 2. The largest absolute Gasteiger partial charge is 0.358 e. The number of carbonyl (C=O) groups excluding carboxylic acids is 2. The highest BCUT2D eigenvalue weighted by atomic mass is 32.1. The fraction of sp³-hybridized carbons (Fsp3) is 0.417. The van der Waals surface area contributed by atoms with Gasteiger partial charge in [-0.3, -0.25) is 14.5 Å². The molecule has 1 fully saturated rings. The molecule has 2 bridgehead atoms. The molecule has 33 heavy (non-hydrogen) atoms. The molecule has 2 aliphatic rings. The fourth-order valence-electron chi connectivity index (χ4n) is 4.55. The molecule has 0 spiro atoms. The van der Waals surface area contributed by atoms with Crippen LogP contribution in [0.5, 0.6) is 0 Å². The lowest BCUT2D eigenvalue weighted by atomic mass is 10.0. The molecule has 0 radical (unpaired) electrons. The summed E-state index contributed by atoms with van der Waals surface area (Å²) in [4.78, 5) is 39.9. The lowest BCUT2D eigenvalue weighted by Crippen LogP contribution is -2.58. The van der Waals surface area contributed by atoms with Crippen molar-refractivity contribution < 1.29 is 9.59 Å². The maximum Gasteiger partial charge on any atom is 0.254 e. The van der Waals surface area contributed by atoms with Gasteiger partial charge in [0.2, 0.25) is 5.91 Å². The molecule has 0 aliphatic carbocycles. The first kappa shape index (κ1) is 21.8. The van der Waals surface area contributed by atoms with Crippen LogP contribution in [0.3, 0.4) is 0 Å². The lowest BCUT2D eigenvalue weighted by Gasteiger charge is -2.41. The van der Waals surface area contributed by atoms with Crippen molar-refractivity contribution in [3.05, 3.63) is 52.5 Å². The summed E-state index contributed by atoms with van der Waals surface area (Å²) in [5, 5.41) is 11.2. The monoisotopic (exact) mass is 464 g/mol. The normalized spacial score (nSPS) is 21.8. The Hall–Kier alpha value is -3.04. The second-order valence-electron chi connectivity index (χ2n) is 9.00. The van der Waals surface area contributed by atoms with E-state index in [1.165, 1.54) is 11.3 Å². The van der Waals surface area contributed by atoms with Crippen LogP contribution < -0.4 is 10.6 Å². The molecule has 2 aliphatic heterocycles. The molecule has 2 atom stereocenters. The first-order chi connectivity index (χ1) is 16.0. The Kier molecular flexibility index (Phi) is 5.99. The minimum Gasteiger partial charge on any atom is -0.358 e. The molecule has 4 heterocycles. The van der Waals surface area contributed by atoms with Gasteiger partial charge in [-0.05, 0) is 29.5 Å². The van der Waals surface area contributed by atoms with Gasteiger partial charge in [0.15, 0.2) is 0 Å². The fourth-order valence-corrected chi connectivity index (χ4v) is 5.18. The Morgan fingerprint density at radius 1 is 1.18 bits per heavy atom. The Balaban J connectivity index is 1.48. The molecule has 1 unspecified atom stereocenters. The second-order valence-corrected chi connectivity index (χ2v) is 9.78. The van der Waals surface area contributed by atoms with Crippen LogP contribution in [0.2, 0.25) is 0 Å². The van der Waals surface area contributed by atoms with Crippen molar-refractivity contribution in [3.63, 3.8) is 0 Å². The van der Waals surface area contributed by atoms with Crippen molar-refractivity contribution in [2.75, 3.05) is 31.5 Å². The number of carbonyl (C=O) groups is 2. The van der Waals surface area contributed by atoms with E-state index >= 15 is 0 Å². The second kappa shape index (κ2) is 9.07. The van der Waals surface area contributed by atoms with Crippen LogP contribution in [0.15, 0.2) is 41.1 Å². The summed E-state index contributed by atoms with van der Waals surface area (Å²) in [6.07, 6.45) is 0. The SMILES string of the molecule is CC(C)[C@@H]1Nc2nc(nc3ccccc23)CN2CCN(C(=O)c3ccsc3)CC2CNC1=O. The lowest BCUT2D eigenvalue weighted by molar-refractivity contribution is -0.123. The number of nitrogens with zero attached hydrogens (tertiary/aromatic N) is 4. The van der Waals surface area contributed by atoms with Crippen molar-refractivity contribution in [2.45, 2.75) is 32.5 Å². The maximum absolute atomic E-state index is 13.2. The average Bonchev–Trinajstić information content (AvgIpc) is 3.35. The smallest absolute Gasteiger partial charge is 0.254 e. The maximum atomic E-state index is 13.2. The number of nitrogens with one attached hydrogen (secondary N) is 2. The molecule has 3 aromatic rings. The van der Waals surface area contributed by atoms with Gasteiger partial charge in [-0.2, -0.15) is 11.3 Å². The van der Waals surface area contributed by atoms with Crippen LogP contribution in [0, 0.1) is 5.92 Å². The average molecular weight is 465 g/mol. The zero-order valence-electron chi connectivity index (χ0n) is 18.8. The number of thiophene rings is 1. The van der Waals surface area contributed by atoms with Crippen molar-refractivity contribution in [1.29, 1.82) is 0 Å². The van der Waals surface area contributed by atoms with Gasteiger partial charge in [0, 0.05) is 43.0 Å². The van der Waals surface area contributed by atoms with Crippen LogP contribution in [0.1, 0.15) is 30.0 Å². The molecule has 2 aromatic heterocycles. The summed E-state index contributed by atoms with van der Waals surface area (Å²) >= 11 is 1.52. The van der Waals surface area contributed by atoms with Gasteiger partial charge in [0.1, 0.15) is 17.7 Å². The minimum atomic E-state index is -0.421. The first-order valence-corrected chi connectivity index (χ1v) is 12.3. The van der Waals surface area contributed by atoms with Crippen LogP contribution >= 0.6 is 11.3 Å². The summed E-state index contributed by atoms with van der Waals surface area (Å²) < 4.78 is 0. The van der Waals surface area contributed by atoms with Gasteiger partial charge >= 0.3 is 0 Å². The van der Waals surface area contributed by atoms with E-state index in [4.69, 9.17) is 9.97 Å². The Morgan fingerprint density at radius 3 is 2.82 bits per heavy atom. The molecule has 172 valence electrons. The molecule has 9 heteroatoms. The van der Waals surface area contributed by atoms with E-state index < -0.39 is 6.04 Å². The van der Waals surface area contributed by atoms with E-state index in [0.29, 0.717) is 38.5 Å². The van der Waals surface area contributed by atoms with Crippen molar-refractivity contribution in [2.24, 2.45) is 5.92 Å². The van der Waals surface area contributed by atoms with Crippen LogP contribution in [-0.2, 0) is 11.3 Å². The van der Waals surface area contributed by atoms with Gasteiger partial charge in [-0.15, -0.1) is 0 Å². The van der Waals surface area contributed by atoms with E-state index in [0.717, 1.165) is 22.3 Å². The molecule has 0 saturated carbocycles. The van der Waals surface area contributed by atoms with E-state index in [2.05, 4.69) is 15.5 Å². The molecule has 1 aromatic carbocycles. The topological polar surface area (TPSA) is 90.5 Å². The standard InChI is InChI=1S/C24H28N6O2S/c1-15(2)21-23(31)25-11-17-12-30(24(32)16-7-10-33-14-16)9-8-29(17)13-20-26-19-6-4-3-5-18(19)22(27-20)28-21/h3-7,10,14-15,17,21H,8-9,11-13H2,1-2H3,(H,25,31)(H,26,27,28)/t17?,21-/m0/s1. The molecule has 5 rings (SSSR count). The van der Waals surface area contributed by atoms with Gasteiger partial charge in [0.25, 0.3) is 5.91 Å². The molecular formula is C24H28N6O2S. The molecule has 2 N–H and O–H groups in total. The number of anilines is 1. The van der Waals surface area contributed by atoms with Gasteiger partial charge < -0.3 is 15.5 Å². The van der Waals surface area contributed by atoms with Crippen LogP contribution in [0.4, 0.5) is 5.82 Å². The molecular weight excluding hydrogens is 436 g/mol. The number of para-hydroxylation sites is 1. The quantitative estimate of drug-likeness (QED) is 0.606. The highest BCUT2D eigenvalue weighted by Crippen LogP contribution is 2.24. The predicted molar refractivity (Wildman–Crippen MR) is 129 cm³/mol. The van der Waals surface area contributed by atoms with Crippen LogP contribution in [0.25, 0.3) is 10.9 Å². The Labute approximate surface area is 197 Å². The van der Waals surface area contributed by atoms with Crippen LogP contribution in [-0.4, -0.2) is 69.8 Å². The first-order valence-electron chi connectivity index (χ1n) is 11.3. The van der Waals surface area contributed by atoms with E-state index in [9.17, 15) is 9.59 Å². The Bertz CT molecular complexity index is 1160. The van der Waals surface area contributed by atoms with Gasteiger partial charge in [0.05, 0.1) is 17.6 Å². The minimum absolute atomic E-state index is 0.0188. The zero-order valence-corrected chi connectivity index (χ0v) is 19.6. The summed E-state index contributed by atoms with van der Waals surface area (Å²) in [6, 6.07) is 9.30. The number of amides is 2. The van der Waals surface area contributed by atoms with Crippen molar-refractivity contribution in [3.8, 4) is 0 Å². The third-order valence-corrected chi connectivity index (χ3v) is 7.09. The third-order valence-electron chi connectivity index (χ3n) is 6.41. The predicted octanol–water partition coefficient (Wildman–Crippen LogP) is 2.58. The number of piperazine rings is 1. The number of hydrogen-bond donors (Lipinski definition) is 2. The Morgan fingerprint density at radius 2 is 2.03 bits per heavy atom. The van der Waals surface area contributed by atoms with E-state index in [1.54, 1.807) is 0 Å². The number of rotatable bonds is 2. The highest BCUT2D eigenvalue weighted by Gasteiger charge is 2.33. The number of hydrogen-bond acceptors (Lipinski definition) is 7. The van der Waals surface area contributed by atoms with E-state index in [1.807, 2.05) is 59.8 Å². The summed E-state index contributed by atoms with van der Waals surface area (Å²) in [5.74, 6) is 1.46. The molecule has 2 amide bonds. The van der Waals surface area contributed by atoms with Crippen molar-refractivity contribution >= 4 is 39.9 Å². The van der Waals surface area contributed by atoms with E-state index in [-0.39, 0.29) is 23.8 Å². The molecule has 8 nitrogen and oxygen atoms in total. The molecule has 1 saturated heterocycles. The van der Waals surface area contributed by atoms with Gasteiger partial charge in [-0.1, -0.05) is 26.0 Å². The summed E-state index contributed by atoms with van der Waals surface area (Å²) in [6.45, 7) is 6.95. The summed E-state index contributed by atoms with van der Waals surface area (Å²) in [5.41, 5.74) is 1.58. The van der Waals surface area contributed by atoms with Crippen molar-refractivity contribution in [1.82, 2.24) is 25.1 Å². The third kappa shape index (κ3) is 4.43. The highest BCUT2D eigenvalue weighted by molar-refractivity contribution is 7.08. The zero-order chi connectivity index (χ0) is 22.9. The summed E-state index contributed by atoms with van der Waals surface area (Å²) in [7, 11) is 0. The van der Waals surface area contributed by atoms with Gasteiger partial charge in [-0.25, -0.2) is 9.97 Å².